The van der Waals surface area contributed by atoms with Gasteiger partial charge in [0, 0.05) is 46.7 Å². The lowest BCUT2D eigenvalue weighted by molar-refractivity contribution is -0.120. The number of rotatable bonds is 7. The maximum absolute atomic E-state index is 13.3. The first-order valence-corrected chi connectivity index (χ1v) is 14.1. The second-order valence-corrected chi connectivity index (χ2v) is 11.7. The molecule has 5 rings (SSSR count). The van der Waals surface area contributed by atoms with Crippen molar-refractivity contribution in [3.05, 3.63) is 65.2 Å². The second-order valence-electron chi connectivity index (χ2n) is 9.32. The number of sulfonamides is 1. The van der Waals surface area contributed by atoms with E-state index in [1.165, 1.54) is 16.4 Å². The quantitative estimate of drug-likeness (QED) is 0.454. The van der Waals surface area contributed by atoms with Crippen LogP contribution in [0.3, 0.4) is 0 Å². The van der Waals surface area contributed by atoms with Gasteiger partial charge in [-0.15, -0.1) is 0 Å². The van der Waals surface area contributed by atoms with Gasteiger partial charge in [-0.25, -0.2) is 8.42 Å². The van der Waals surface area contributed by atoms with Crippen molar-refractivity contribution in [1.29, 1.82) is 0 Å². The van der Waals surface area contributed by atoms with Crippen LogP contribution in [0.2, 0.25) is 5.02 Å². The Morgan fingerprint density at radius 1 is 1.11 bits per heavy atom. The fourth-order valence-electron chi connectivity index (χ4n) is 5.06. The van der Waals surface area contributed by atoms with Crippen molar-refractivity contribution in [2.45, 2.75) is 37.5 Å². The largest absolute Gasteiger partial charge is 0.325 e. The van der Waals surface area contributed by atoms with Crippen LogP contribution in [0.5, 0.6) is 0 Å². The van der Waals surface area contributed by atoms with Gasteiger partial charge in [0.05, 0.1) is 16.5 Å². The molecule has 0 bridgehead atoms. The zero-order chi connectivity index (χ0) is 25.4. The molecule has 1 unspecified atom stereocenters. The third kappa shape index (κ3) is 4.38. The molecule has 2 aliphatic heterocycles. The summed E-state index contributed by atoms with van der Waals surface area (Å²) in [6.07, 6.45) is 3.10. The van der Waals surface area contributed by atoms with Crippen LogP contribution in [0.15, 0.2) is 59.5 Å². The normalized spacial score (nSPS) is 18.1. The number of carbonyl (C=O) groups excluding carboxylic acids is 2. The summed E-state index contributed by atoms with van der Waals surface area (Å²) in [4.78, 5) is 28.3. The third-order valence-electron chi connectivity index (χ3n) is 6.98. The fourth-order valence-corrected chi connectivity index (χ4v) is 6.71. The number of anilines is 2. The molecule has 188 valence electrons. The van der Waals surface area contributed by atoms with E-state index < -0.39 is 15.9 Å². The minimum atomic E-state index is -3.72. The summed E-state index contributed by atoms with van der Waals surface area (Å²) in [7, 11) is -3.72. The standard InChI is InChI=1S/C27H28ClN3O4S/c1-2-3-16-31-24-14-13-23(21-7-4-8-22(25(21)24)27(31)33)29-26(32)18-6-5-15-30(17-18)36(34,35)20-11-9-19(28)10-12-20/h4,7-14,18H,2-3,5-6,15-17H2,1H3,(H,29,32). The van der Waals surface area contributed by atoms with Crippen molar-refractivity contribution < 1.29 is 18.0 Å². The molecule has 0 spiro atoms. The van der Waals surface area contributed by atoms with Gasteiger partial charge in [-0.3, -0.25) is 9.59 Å². The molecule has 2 amide bonds. The smallest absolute Gasteiger partial charge is 0.258 e. The van der Waals surface area contributed by atoms with E-state index in [0.29, 0.717) is 42.2 Å². The number of unbranched alkanes of at least 4 members (excludes halogenated alkanes) is 1. The highest BCUT2D eigenvalue weighted by molar-refractivity contribution is 7.89. The Labute approximate surface area is 216 Å². The SMILES string of the molecule is CCCCN1C(=O)c2cccc3c(NC(=O)C4CCCN(S(=O)(=O)c5ccc(Cl)cc5)C4)ccc1c23. The fraction of sp³-hybridized carbons (Fsp3) is 0.333. The summed E-state index contributed by atoms with van der Waals surface area (Å²) in [5, 5.41) is 5.15. The number of hydrogen-bond acceptors (Lipinski definition) is 4. The molecule has 2 heterocycles. The highest BCUT2D eigenvalue weighted by Crippen LogP contribution is 2.41. The number of nitrogens with one attached hydrogen (secondary N) is 1. The van der Waals surface area contributed by atoms with E-state index >= 15 is 0 Å². The number of benzene rings is 3. The highest BCUT2D eigenvalue weighted by atomic mass is 35.5. The average Bonchev–Trinajstić information content (AvgIpc) is 3.16. The van der Waals surface area contributed by atoms with Gasteiger partial charge in [0.2, 0.25) is 15.9 Å². The molecular weight excluding hydrogens is 498 g/mol. The van der Waals surface area contributed by atoms with E-state index in [-0.39, 0.29) is 23.3 Å². The first-order valence-electron chi connectivity index (χ1n) is 12.3. The summed E-state index contributed by atoms with van der Waals surface area (Å²) in [6, 6.07) is 15.4. The summed E-state index contributed by atoms with van der Waals surface area (Å²) in [6.45, 7) is 3.23. The molecule has 0 saturated carbocycles. The van der Waals surface area contributed by atoms with E-state index in [2.05, 4.69) is 12.2 Å². The van der Waals surface area contributed by atoms with Crippen LogP contribution in [0, 0.1) is 5.92 Å². The Morgan fingerprint density at radius 3 is 2.64 bits per heavy atom. The second kappa shape index (κ2) is 9.84. The molecule has 7 nitrogen and oxygen atoms in total. The summed E-state index contributed by atoms with van der Waals surface area (Å²) >= 11 is 5.91. The lowest BCUT2D eigenvalue weighted by atomic mass is 9.98. The number of nitrogens with zero attached hydrogens (tertiary/aromatic N) is 2. The van der Waals surface area contributed by atoms with Gasteiger partial charge < -0.3 is 10.2 Å². The van der Waals surface area contributed by atoms with Gasteiger partial charge >= 0.3 is 0 Å². The van der Waals surface area contributed by atoms with Crippen molar-refractivity contribution in [2.75, 3.05) is 29.9 Å². The molecule has 1 saturated heterocycles. The molecule has 9 heteroatoms. The van der Waals surface area contributed by atoms with Crippen LogP contribution >= 0.6 is 11.6 Å². The van der Waals surface area contributed by atoms with Crippen LogP contribution in [0.25, 0.3) is 10.8 Å². The van der Waals surface area contributed by atoms with Crippen molar-refractivity contribution in [2.24, 2.45) is 5.92 Å². The van der Waals surface area contributed by atoms with Crippen molar-refractivity contribution >= 4 is 55.6 Å². The van der Waals surface area contributed by atoms with Crippen molar-refractivity contribution in [1.82, 2.24) is 4.31 Å². The molecule has 1 N–H and O–H groups in total. The van der Waals surface area contributed by atoms with Crippen LogP contribution in [-0.2, 0) is 14.8 Å². The maximum atomic E-state index is 13.3. The Bertz CT molecular complexity index is 1440. The lowest BCUT2D eigenvalue weighted by Crippen LogP contribution is -2.43. The Kier molecular flexibility index (Phi) is 6.76. The predicted octanol–water partition coefficient (Wildman–Crippen LogP) is 5.29. The number of hydrogen-bond donors (Lipinski definition) is 1. The van der Waals surface area contributed by atoms with Crippen LogP contribution < -0.4 is 10.2 Å². The Morgan fingerprint density at radius 2 is 1.89 bits per heavy atom. The average molecular weight is 526 g/mol. The molecule has 3 aromatic carbocycles. The first kappa shape index (κ1) is 24.7. The molecule has 0 radical (unpaired) electrons. The summed E-state index contributed by atoms with van der Waals surface area (Å²) < 4.78 is 27.6. The molecule has 2 aliphatic rings. The van der Waals surface area contributed by atoms with E-state index in [1.807, 2.05) is 35.2 Å². The van der Waals surface area contributed by atoms with Gasteiger partial charge in [-0.05, 0) is 61.7 Å². The van der Waals surface area contributed by atoms with Gasteiger partial charge in [0.15, 0.2) is 0 Å². The summed E-state index contributed by atoms with van der Waals surface area (Å²) in [5.41, 5.74) is 2.14. The Hall–Kier alpha value is -2.94. The Balaban J connectivity index is 1.37. The van der Waals surface area contributed by atoms with Gasteiger partial charge in [-0.2, -0.15) is 4.31 Å². The zero-order valence-electron chi connectivity index (χ0n) is 20.0. The molecule has 1 atom stereocenters. The molecular formula is C27H28ClN3O4S. The summed E-state index contributed by atoms with van der Waals surface area (Å²) in [5.74, 6) is -0.715. The first-order chi connectivity index (χ1) is 17.3. The van der Waals surface area contributed by atoms with Gasteiger partial charge in [0.1, 0.15) is 0 Å². The molecule has 0 aliphatic carbocycles. The van der Waals surface area contributed by atoms with Gasteiger partial charge in [-0.1, -0.05) is 37.1 Å². The zero-order valence-corrected chi connectivity index (χ0v) is 21.6. The molecule has 1 fully saturated rings. The number of carbonyl (C=O) groups is 2. The van der Waals surface area contributed by atoms with Crippen LogP contribution in [-0.4, -0.2) is 44.2 Å². The van der Waals surface area contributed by atoms with E-state index in [4.69, 9.17) is 11.6 Å². The van der Waals surface area contributed by atoms with Crippen LogP contribution in [0.4, 0.5) is 11.4 Å². The lowest BCUT2D eigenvalue weighted by Gasteiger charge is -2.31. The van der Waals surface area contributed by atoms with Crippen molar-refractivity contribution in [3.8, 4) is 0 Å². The molecule has 36 heavy (non-hydrogen) atoms. The minimum absolute atomic E-state index is 0.0112. The topological polar surface area (TPSA) is 86.8 Å². The van der Waals surface area contributed by atoms with E-state index in [0.717, 1.165) is 29.3 Å². The predicted molar refractivity (Wildman–Crippen MR) is 142 cm³/mol. The number of piperidine rings is 1. The number of amides is 2. The molecule has 0 aromatic heterocycles. The molecule has 3 aromatic rings. The van der Waals surface area contributed by atoms with Crippen molar-refractivity contribution in [3.63, 3.8) is 0 Å². The van der Waals surface area contributed by atoms with Gasteiger partial charge in [0.25, 0.3) is 5.91 Å². The maximum Gasteiger partial charge on any atom is 0.258 e. The van der Waals surface area contributed by atoms with E-state index in [9.17, 15) is 18.0 Å². The third-order valence-corrected chi connectivity index (χ3v) is 9.12. The highest BCUT2D eigenvalue weighted by Gasteiger charge is 2.34. The van der Waals surface area contributed by atoms with E-state index in [1.54, 1.807) is 12.1 Å². The van der Waals surface area contributed by atoms with Crippen LogP contribution in [0.1, 0.15) is 43.0 Å². The number of halogens is 1. The minimum Gasteiger partial charge on any atom is -0.325 e. The monoisotopic (exact) mass is 525 g/mol.